The molecule has 1 atom stereocenters. The van der Waals surface area contributed by atoms with Crippen LogP contribution in [0.4, 0.5) is 0 Å². The minimum Gasteiger partial charge on any atom is -0.474 e. The highest BCUT2D eigenvalue weighted by molar-refractivity contribution is 5.93. The second-order valence-corrected chi connectivity index (χ2v) is 6.21. The van der Waals surface area contributed by atoms with Crippen LogP contribution >= 0.6 is 0 Å². The molecule has 4 rings (SSSR count). The number of rotatable bonds is 4. The van der Waals surface area contributed by atoms with Crippen LogP contribution in [0.15, 0.2) is 47.6 Å². The van der Waals surface area contributed by atoms with Gasteiger partial charge in [0.15, 0.2) is 5.76 Å². The fraction of sp³-hybridized carbons (Fsp3) is 0.333. The Morgan fingerprint density at radius 1 is 1.35 bits per heavy atom. The van der Waals surface area contributed by atoms with E-state index >= 15 is 0 Å². The SMILES string of the molecule is Cc1ccoc1C(=O)N1Cc2ccnn2CC[C@H]1COc1cnccn1. The maximum absolute atomic E-state index is 13.1. The largest absolute Gasteiger partial charge is 0.474 e. The molecule has 1 amide bonds. The molecule has 0 bridgehead atoms. The van der Waals surface area contributed by atoms with Gasteiger partial charge in [0, 0.05) is 30.7 Å². The zero-order valence-electron chi connectivity index (χ0n) is 14.4. The predicted molar refractivity (Wildman–Crippen MR) is 91.5 cm³/mol. The van der Waals surface area contributed by atoms with Gasteiger partial charge in [-0.2, -0.15) is 5.10 Å². The first kappa shape index (κ1) is 16.3. The Labute approximate surface area is 150 Å². The van der Waals surface area contributed by atoms with Crippen molar-refractivity contribution in [2.45, 2.75) is 32.5 Å². The molecule has 3 aromatic heterocycles. The minimum atomic E-state index is -0.144. The molecule has 0 radical (unpaired) electrons. The third-order valence-corrected chi connectivity index (χ3v) is 4.53. The van der Waals surface area contributed by atoms with Crippen LogP contribution in [0.5, 0.6) is 5.88 Å². The van der Waals surface area contributed by atoms with Gasteiger partial charge in [-0.05, 0) is 25.5 Å². The van der Waals surface area contributed by atoms with Crippen molar-refractivity contribution in [3.63, 3.8) is 0 Å². The number of fused-ring (bicyclic) bond motifs is 1. The summed E-state index contributed by atoms with van der Waals surface area (Å²) in [5.74, 6) is 0.661. The first-order valence-electron chi connectivity index (χ1n) is 8.47. The third-order valence-electron chi connectivity index (χ3n) is 4.53. The van der Waals surface area contributed by atoms with Crippen LogP contribution in [-0.4, -0.2) is 43.2 Å². The van der Waals surface area contributed by atoms with E-state index in [2.05, 4.69) is 15.1 Å². The van der Waals surface area contributed by atoms with Crippen molar-refractivity contribution in [1.29, 1.82) is 0 Å². The average Bonchev–Trinajstić information content (AvgIpc) is 3.25. The lowest BCUT2D eigenvalue weighted by Gasteiger charge is -2.29. The van der Waals surface area contributed by atoms with Crippen molar-refractivity contribution in [3.8, 4) is 5.88 Å². The molecule has 0 unspecified atom stereocenters. The number of aromatic nitrogens is 4. The van der Waals surface area contributed by atoms with E-state index in [9.17, 15) is 4.79 Å². The lowest BCUT2D eigenvalue weighted by atomic mass is 10.1. The van der Waals surface area contributed by atoms with E-state index < -0.39 is 0 Å². The van der Waals surface area contributed by atoms with Gasteiger partial charge in [-0.25, -0.2) is 4.98 Å². The summed E-state index contributed by atoms with van der Waals surface area (Å²) in [5, 5.41) is 4.34. The molecule has 8 nitrogen and oxygen atoms in total. The third kappa shape index (κ3) is 3.17. The summed E-state index contributed by atoms with van der Waals surface area (Å²) in [6, 6.07) is 3.59. The maximum Gasteiger partial charge on any atom is 0.290 e. The summed E-state index contributed by atoms with van der Waals surface area (Å²) in [4.78, 5) is 23.0. The summed E-state index contributed by atoms with van der Waals surface area (Å²) in [7, 11) is 0. The van der Waals surface area contributed by atoms with Crippen LogP contribution in [0.2, 0.25) is 0 Å². The molecule has 1 aliphatic heterocycles. The maximum atomic E-state index is 13.1. The molecule has 0 aromatic carbocycles. The standard InChI is InChI=1S/C18H19N5O3/c1-13-4-9-25-17(13)18(24)22-11-14-2-5-21-23(14)8-3-15(22)12-26-16-10-19-6-7-20-16/h2,4-7,9-10,15H,3,8,11-12H2,1H3/t15-/m0/s1. The Balaban J connectivity index is 1.58. The minimum absolute atomic E-state index is 0.129. The van der Waals surface area contributed by atoms with Gasteiger partial charge in [0.25, 0.3) is 5.91 Å². The highest BCUT2D eigenvalue weighted by Crippen LogP contribution is 2.22. The van der Waals surface area contributed by atoms with Gasteiger partial charge in [0.05, 0.1) is 30.7 Å². The quantitative estimate of drug-likeness (QED) is 0.714. The first-order valence-corrected chi connectivity index (χ1v) is 8.47. The zero-order valence-corrected chi connectivity index (χ0v) is 14.4. The van der Waals surface area contributed by atoms with Crippen LogP contribution in [-0.2, 0) is 13.1 Å². The van der Waals surface area contributed by atoms with Gasteiger partial charge in [-0.3, -0.25) is 14.5 Å². The summed E-state index contributed by atoms with van der Waals surface area (Å²) in [5.41, 5.74) is 1.81. The normalized spacial score (nSPS) is 16.8. The second-order valence-electron chi connectivity index (χ2n) is 6.21. The van der Waals surface area contributed by atoms with Gasteiger partial charge in [0.1, 0.15) is 6.61 Å². The smallest absolute Gasteiger partial charge is 0.290 e. The van der Waals surface area contributed by atoms with Gasteiger partial charge in [-0.1, -0.05) is 0 Å². The molecule has 3 aromatic rings. The van der Waals surface area contributed by atoms with E-state index in [1.54, 1.807) is 35.8 Å². The van der Waals surface area contributed by atoms with Crippen molar-refractivity contribution in [1.82, 2.24) is 24.6 Å². The lowest BCUT2D eigenvalue weighted by Crippen LogP contribution is -2.42. The van der Waals surface area contributed by atoms with Gasteiger partial charge < -0.3 is 14.1 Å². The monoisotopic (exact) mass is 353 g/mol. The molecule has 1 aliphatic rings. The van der Waals surface area contributed by atoms with Crippen molar-refractivity contribution >= 4 is 5.91 Å². The van der Waals surface area contributed by atoms with Gasteiger partial charge in [0.2, 0.25) is 5.88 Å². The number of carbonyl (C=O) groups excluding carboxylic acids is 1. The average molecular weight is 353 g/mol. The van der Waals surface area contributed by atoms with Gasteiger partial charge >= 0.3 is 0 Å². The Morgan fingerprint density at radius 2 is 2.27 bits per heavy atom. The van der Waals surface area contributed by atoms with E-state index in [0.717, 1.165) is 24.2 Å². The van der Waals surface area contributed by atoms with Crippen LogP contribution in [0.3, 0.4) is 0 Å². The molecule has 4 heterocycles. The van der Waals surface area contributed by atoms with E-state index in [4.69, 9.17) is 9.15 Å². The van der Waals surface area contributed by atoms with Crippen LogP contribution in [0.1, 0.15) is 28.2 Å². The number of nitrogens with zero attached hydrogens (tertiary/aromatic N) is 5. The molecule has 134 valence electrons. The highest BCUT2D eigenvalue weighted by atomic mass is 16.5. The first-order chi connectivity index (χ1) is 12.7. The molecule has 0 fully saturated rings. The summed E-state index contributed by atoms with van der Waals surface area (Å²) >= 11 is 0. The Hall–Kier alpha value is -3.16. The molecule has 0 aliphatic carbocycles. The van der Waals surface area contributed by atoms with Crippen LogP contribution in [0.25, 0.3) is 0 Å². The Bertz CT molecular complexity index is 889. The number of hydrogen-bond acceptors (Lipinski definition) is 6. The Kier molecular flexibility index (Phi) is 4.39. The topological polar surface area (TPSA) is 86.3 Å². The van der Waals surface area contributed by atoms with E-state index in [1.807, 2.05) is 17.7 Å². The predicted octanol–water partition coefficient (Wildman–Crippen LogP) is 2.07. The number of furan rings is 1. The fourth-order valence-electron chi connectivity index (χ4n) is 3.10. The number of ether oxygens (including phenoxy) is 1. The van der Waals surface area contributed by atoms with Crippen LogP contribution in [0, 0.1) is 6.92 Å². The lowest BCUT2D eigenvalue weighted by molar-refractivity contribution is 0.0552. The molecule has 0 spiro atoms. The summed E-state index contributed by atoms with van der Waals surface area (Å²) in [6.45, 7) is 3.37. The highest BCUT2D eigenvalue weighted by Gasteiger charge is 2.31. The molecule has 0 saturated heterocycles. The van der Waals surface area contributed by atoms with Crippen molar-refractivity contribution in [2.75, 3.05) is 6.61 Å². The molecule has 0 saturated carbocycles. The Morgan fingerprint density at radius 3 is 3.04 bits per heavy atom. The molecule has 0 N–H and O–H groups in total. The van der Waals surface area contributed by atoms with Crippen LogP contribution < -0.4 is 4.74 Å². The second kappa shape index (κ2) is 6.99. The van der Waals surface area contributed by atoms with Crippen molar-refractivity contribution in [3.05, 3.63) is 60.2 Å². The number of hydrogen-bond donors (Lipinski definition) is 0. The molecule has 26 heavy (non-hydrogen) atoms. The number of aryl methyl sites for hydroxylation is 2. The van der Waals surface area contributed by atoms with E-state index in [-0.39, 0.29) is 11.9 Å². The summed E-state index contributed by atoms with van der Waals surface area (Å²) < 4.78 is 13.1. The van der Waals surface area contributed by atoms with Gasteiger partial charge in [-0.15, -0.1) is 0 Å². The van der Waals surface area contributed by atoms with Crippen molar-refractivity contribution < 1.29 is 13.9 Å². The molecule has 8 heteroatoms. The van der Waals surface area contributed by atoms with Crippen molar-refractivity contribution in [2.24, 2.45) is 0 Å². The zero-order chi connectivity index (χ0) is 17.9. The van der Waals surface area contributed by atoms with E-state index in [1.165, 1.54) is 6.26 Å². The fourth-order valence-corrected chi connectivity index (χ4v) is 3.10. The molecular formula is C18H19N5O3. The number of amides is 1. The number of carbonyl (C=O) groups is 1. The summed E-state index contributed by atoms with van der Waals surface area (Å²) in [6.07, 6.45) is 8.74. The van der Waals surface area contributed by atoms with E-state index in [0.29, 0.717) is 24.8 Å². The molecular weight excluding hydrogens is 334 g/mol.